The van der Waals surface area contributed by atoms with Gasteiger partial charge in [-0.15, -0.1) is 0 Å². The van der Waals surface area contributed by atoms with E-state index in [1.54, 1.807) is 0 Å². The van der Waals surface area contributed by atoms with Gasteiger partial charge in [0.1, 0.15) is 5.75 Å². The van der Waals surface area contributed by atoms with E-state index in [1.165, 1.54) is 0 Å². The summed E-state index contributed by atoms with van der Waals surface area (Å²) in [6, 6.07) is 15.7. The standard InChI is InChI=1S/C18H22BrNO2/c1-2-10-22-18-9-8-16(19)11-15(18)12-20-13-17(21)14-6-4-3-5-7-14/h3-9,11,17,20-21H,2,10,12-13H2,1H3/t17-/m1/s1. The zero-order chi connectivity index (χ0) is 15.8. The maximum Gasteiger partial charge on any atom is 0.123 e. The van der Waals surface area contributed by atoms with Crippen molar-refractivity contribution in [1.29, 1.82) is 0 Å². The van der Waals surface area contributed by atoms with Gasteiger partial charge in [-0.25, -0.2) is 0 Å². The van der Waals surface area contributed by atoms with E-state index in [0.29, 0.717) is 19.7 Å². The average Bonchev–Trinajstić information content (AvgIpc) is 2.55. The smallest absolute Gasteiger partial charge is 0.123 e. The minimum absolute atomic E-state index is 0.504. The van der Waals surface area contributed by atoms with Crippen molar-refractivity contribution in [3.8, 4) is 5.75 Å². The fourth-order valence-corrected chi connectivity index (χ4v) is 2.58. The number of hydrogen-bond acceptors (Lipinski definition) is 3. The quantitative estimate of drug-likeness (QED) is 0.742. The molecule has 0 aromatic heterocycles. The van der Waals surface area contributed by atoms with Crippen LogP contribution in [0.4, 0.5) is 0 Å². The molecule has 0 radical (unpaired) electrons. The molecule has 22 heavy (non-hydrogen) atoms. The van der Waals surface area contributed by atoms with Gasteiger partial charge in [0, 0.05) is 23.1 Å². The molecule has 0 unspecified atom stereocenters. The normalized spacial score (nSPS) is 12.1. The second kappa shape index (κ2) is 8.93. The molecule has 0 saturated carbocycles. The summed E-state index contributed by atoms with van der Waals surface area (Å²) < 4.78 is 6.78. The highest BCUT2D eigenvalue weighted by atomic mass is 79.9. The maximum atomic E-state index is 10.2. The van der Waals surface area contributed by atoms with E-state index in [-0.39, 0.29) is 0 Å². The van der Waals surface area contributed by atoms with Crippen molar-refractivity contribution in [2.45, 2.75) is 26.0 Å². The Morgan fingerprint density at radius 2 is 1.95 bits per heavy atom. The van der Waals surface area contributed by atoms with Crippen molar-refractivity contribution in [3.63, 3.8) is 0 Å². The molecule has 4 heteroatoms. The summed E-state index contributed by atoms with van der Waals surface area (Å²) >= 11 is 3.49. The van der Waals surface area contributed by atoms with Crippen molar-refractivity contribution < 1.29 is 9.84 Å². The van der Waals surface area contributed by atoms with E-state index >= 15 is 0 Å². The van der Waals surface area contributed by atoms with Crippen molar-refractivity contribution in [2.75, 3.05) is 13.2 Å². The molecule has 0 aliphatic carbocycles. The van der Waals surface area contributed by atoms with Crippen LogP contribution in [-0.4, -0.2) is 18.3 Å². The fourth-order valence-electron chi connectivity index (χ4n) is 2.18. The van der Waals surface area contributed by atoms with Crippen LogP contribution in [0.5, 0.6) is 5.75 Å². The van der Waals surface area contributed by atoms with Crippen LogP contribution in [0, 0.1) is 0 Å². The van der Waals surface area contributed by atoms with Crippen LogP contribution < -0.4 is 10.1 Å². The van der Waals surface area contributed by atoms with E-state index in [4.69, 9.17) is 4.74 Å². The molecule has 0 heterocycles. The third kappa shape index (κ3) is 5.13. The topological polar surface area (TPSA) is 41.5 Å². The van der Waals surface area contributed by atoms with Crippen LogP contribution in [0.3, 0.4) is 0 Å². The Morgan fingerprint density at radius 1 is 1.18 bits per heavy atom. The van der Waals surface area contributed by atoms with Crippen LogP contribution >= 0.6 is 15.9 Å². The molecule has 0 fully saturated rings. The highest BCUT2D eigenvalue weighted by molar-refractivity contribution is 9.10. The number of aliphatic hydroxyl groups is 1. The lowest BCUT2D eigenvalue weighted by Gasteiger charge is -2.15. The molecule has 118 valence electrons. The van der Waals surface area contributed by atoms with Crippen LogP contribution in [0.1, 0.15) is 30.6 Å². The lowest BCUT2D eigenvalue weighted by atomic mass is 10.1. The Bertz CT molecular complexity index is 575. The Hall–Kier alpha value is -1.36. The molecular weight excluding hydrogens is 342 g/mol. The van der Waals surface area contributed by atoms with E-state index in [2.05, 4.69) is 28.2 Å². The lowest BCUT2D eigenvalue weighted by molar-refractivity contribution is 0.174. The van der Waals surface area contributed by atoms with Gasteiger partial charge in [-0.3, -0.25) is 0 Å². The molecule has 3 nitrogen and oxygen atoms in total. The SMILES string of the molecule is CCCOc1ccc(Br)cc1CNC[C@@H](O)c1ccccc1. The Kier molecular flexibility index (Phi) is 6.90. The lowest BCUT2D eigenvalue weighted by Crippen LogP contribution is -2.21. The highest BCUT2D eigenvalue weighted by Gasteiger charge is 2.08. The van der Waals surface area contributed by atoms with Gasteiger partial charge in [-0.1, -0.05) is 53.2 Å². The summed E-state index contributed by atoms with van der Waals surface area (Å²) in [5.74, 6) is 0.895. The minimum Gasteiger partial charge on any atom is -0.493 e. The number of benzene rings is 2. The van der Waals surface area contributed by atoms with E-state index < -0.39 is 6.10 Å². The van der Waals surface area contributed by atoms with Crippen molar-refractivity contribution in [3.05, 3.63) is 64.1 Å². The van der Waals surface area contributed by atoms with Gasteiger partial charge in [0.15, 0.2) is 0 Å². The zero-order valence-corrected chi connectivity index (χ0v) is 14.3. The number of halogens is 1. The maximum absolute atomic E-state index is 10.2. The first-order valence-electron chi connectivity index (χ1n) is 7.55. The van der Waals surface area contributed by atoms with Gasteiger partial charge in [0.05, 0.1) is 12.7 Å². The first-order chi connectivity index (χ1) is 10.7. The molecule has 0 spiro atoms. The third-order valence-corrected chi connectivity index (χ3v) is 3.81. The summed E-state index contributed by atoms with van der Waals surface area (Å²) in [6.07, 6.45) is 0.476. The van der Waals surface area contributed by atoms with Gasteiger partial charge in [0.2, 0.25) is 0 Å². The van der Waals surface area contributed by atoms with Gasteiger partial charge in [-0.05, 0) is 30.2 Å². The van der Waals surface area contributed by atoms with Crippen molar-refractivity contribution in [1.82, 2.24) is 5.32 Å². The third-order valence-electron chi connectivity index (χ3n) is 3.32. The molecule has 2 N–H and O–H groups in total. The molecule has 2 rings (SSSR count). The molecular formula is C18H22BrNO2. The summed E-state index contributed by atoms with van der Waals surface area (Å²) in [5.41, 5.74) is 2.01. The number of nitrogens with one attached hydrogen (secondary N) is 1. The predicted molar refractivity (Wildman–Crippen MR) is 93.0 cm³/mol. The second-order valence-corrected chi connectivity index (χ2v) is 6.07. The molecule has 0 bridgehead atoms. The molecule has 1 atom stereocenters. The van der Waals surface area contributed by atoms with Gasteiger partial charge in [0.25, 0.3) is 0 Å². The van der Waals surface area contributed by atoms with Gasteiger partial charge >= 0.3 is 0 Å². The first kappa shape index (κ1) is 17.0. The number of hydrogen-bond donors (Lipinski definition) is 2. The van der Waals surface area contributed by atoms with Gasteiger partial charge in [-0.2, -0.15) is 0 Å². The van der Waals surface area contributed by atoms with Crippen LogP contribution in [-0.2, 0) is 6.54 Å². The minimum atomic E-state index is -0.506. The molecule has 0 saturated heterocycles. The molecule has 0 aliphatic rings. The Labute approximate surface area is 140 Å². The summed E-state index contributed by atoms with van der Waals surface area (Å²) in [7, 11) is 0. The van der Waals surface area contributed by atoms with Crippen molar-refractivity contribution in [2.24, 2.45) is 0 Å². The highest BCUT2D eigenvalue weighted by Crippen LogP contribution is 2.23. The Morgan fingerprint density at radius 3 is 2.68 bits per heavy atom. The van der Waals surface area contributed by atoms with E-state index in [1.807, 2.05) is 48.5 Å². The van der Waals surface area contributed by atoms with Crippen LogP contribution in [0.15, 0.2) is 53.0 Å². The van der Waals surface area contributed by atoms with E-state index in [0.717, 1.165) is 27.8 Å². The van der Waals surface area contributed by atoms with Crippen LogP contribution in [0.25, 0.3) is 0 Å². The van der Waals surface area contributed by atoms with Crippen LogP contribution in [0.2, 0.25) is 0 Å². The number of aliphatic hydroxyl groups excluding tert-OH is 1. The molecule has 2 aromatic carbocycles. The number of rotatable bonds is 8. The first-order valence-corrected chi connectivity index (χ1v) is 8.35. The second-order valence-electron chi connectivity index (χ2n) is 5.16. The summed E-state index contributed by atoms with van der Waals surface area (Å²) in [4.78, 5) is 0. The average molecular weight is 364 g/mol. The Balaban J connectivity index is 1.92. The molecule has 0 aliphatic heterocycles. The largest absolute Gasteiger partial charge is 0.493 e. The molecule has 2 aromatic rings. The summed E-state index contributed by atoms with van der Waals surface area (Å²) in [6.45, 7) is 3.96. The van der Waals surface area contributed by atoms with E-state index in [9.17, 15) is 5.11 Å². The fraction of sp³-hybridized carbons (Fsp3) is 0.333. The molecule has 0 amide bonds. The van der Waals surface area contributed by atoms with Gasteiger partial charge < -0.3 is 15.2 Å². The number of ether oxygens (including phenoxy) is 1. The zero-order valence-electron chi connectivity index (χ0n) is 12.8. The monoisotopic (exact) mass is 363 g/mol. The van der Waals surface area contributed by atoms with Crippen molar-refractivity contribution >= 4 is 15.9 Å². The predicted octanol–water partition coefficient (Wildman–Crippen LogP) is 4.06. The summed E-state index contributed by atoms with van der Waals surface area (Å²) in [5, 5.41) is 13.5.